The van der Waals surface area contributed by atoms with Crippen LogP contribution in [0.4, 0.5) is 0 Å². The van der Waals surface area contributed by atoms with E-state index in [2.05, 4.69) is 10.0 Å². The molecule has 0 radical (unpaired) electrons. The van der Waals surface area contributed by atoms with E-state index in [4.69, 9.17) is 28.9 Å². The smallest absolute Gasteiger partial charge is 0.243 e. The highest BCUT2D eigenvalue weighted by Crippen LogP contribution is 2.31. The third-order valence-electron chi connectivity index (χ3n) is 3.59. The number of carbonyl (C=O) groups excluding carboxylic acids is 1. The summed E-state index contributed by atoms with van der Waals surface area (Å²) in [5.74, 6) is 0.241. The Bertz CT molecular complexity index is 658. The maximum absolute atomic E-state index is 12.2. The van der Waals surface area contributed by atoms with Gasteiger partial charge in [-0.15, -0.1) is 0 Å². The predicted molar refractivity (Wildman–Crippen MR) is 90.0 cm³/mol. The van der Waals surface area contributed by atoms with Gasteiger partial charge in [0.25, 0.3) is 0 Å². The van der Waals surface area contributed by atoms with Gasteiger partial charge in [0.1, 0.15) is 4.90 Å². The Morgan fingerprint density at radius 2 is 1.91 bits per heavy atom. The van der Waals surface area contributed by atoms with Crippen LogP contribution in [0.1, 0.15) is 19.3 Å². The summed E-state index contributed by atoms with van der Waals surface area (Å²) in [5.41, 5.74) is 5.88. The first-order chi connectivity index (χ1) is 10.8. The van der Waals surface area contributed by atoms with Crippen molar-refractivity contribution in [1.29, 1.82) is 0 Å². The van der Waals surface area contributed by atoms with Gasteiger partial charge in [-0.3, -0.25) is 4.79 Å². The van der Waals surface area contributed by atoms with Crippen LogP contribution >= 0.6 is 23.2 Å². The summed E-state index contributed by atoms with van der Waals surface area (Å²) in [7, 11) is -3.87. The van der Waals surface area contributed by atoms with Gasteiger partial charge in [-0.25, -0.2) is 13.1 Å². The highest BCUT2D eigenvalue weighted by Gasteiger charge is 2.28. The van der Waals surface area contributed by atoms with Crippen molar-refractivity contribution in [2.24, 2.45) is 11.7 Å². The Morgan fingerprint density at radius 3 is 2.48 bits per heavy atom. The Morgan fingerprint density at radius 1 is 1.30 bits per heavy atom. The second kappa shape index (κ2) is 7.81. The fourth-order valence-electron chi connectivity index (χ4n) is 2.12. The van der Waals surface area contributed by atoms with E-state index in [0.29, 0.717) is 12.5 Å². The quantitative estimate of drug-likeness (QED) is 0.636. The molecule has 2 rings (SSSR count). The van der Waals surface area contributed by atoms with Crippen LogP contribution in [0.15, 0.2) is 23.1 Å². The van der Waals surface area contributed by atoms with Crippen LogP contribution in [0, 0.1) is 5.92 Å². The zero-order valence-corrected chi connectivity index (χ0v) is 14.7. The van der Waals surface area contributed by atoms with Gasteiger partial charge >= 0.3 is 0 Å². The molecule has 1 fully saturated rings. The van der Waals surface area contributed by atoms with E-state index in [1.165, 1.54) is 12.1 Å². The normalized spacial score (nSPS) is 16.1. The monoisotopic (exact) mass is 379 g/mol. The first-order valence-electron chi connectivity index (χ1n) is 7.27. The molecule has 0 spiro atoms. The molecule has 1 aromatic carbocycles. The minimum atomic E-state index is -3.87. The second-order valence-electron chi connectivity index (χ2n) is 5.50. The van der Waals surface area contributed by atoms with Gasteiger partial charge in [0, 0.05) is 25.6 Å². The highest BCUT2D eigenvalue weighted by molar-refractivity contribution is 7.89. The van der Waals surface area contributed by atoms with Gasteiger partial charge in [0.05, 0.1) is 10.0 Å². The maximum atomic E-state index is 12.2. The third-order valence-corrected chi connectivity index (χ3v) is 6.01. The van der Waals surface area contributed by atoms with Crippen molar-refractivity contribution < 1.29 is 13.2 Å². The molecule has 0 bridgehead atoms. The molecule has 1 atom stereocenters. The lowest BCUT2D eigenvalue weighted by Crippen LogP contribution is -2.39. The number of sulfonamides is 1. The fraction of sp³-hybridized carbons (Fsp3) is 0.500. The summed E-state index contributed by atoms with van der Waals surface area (Å²) in [6.07, 6.45) is 2.23. The van der Waals surface area contributed by atoms with E-state index in [-0.39, 0.29) is 39.9 Å². The SMILES string of the molecule is NC(CNC(=O)CCNS(=O)(=O)c1c(Cl)cccc1Cl)C1CC1. The second-order valence-corrected chi connectivity index (χ2v) is 8.02. The first kappa shape index (κ1) is 18.5. The number of hydrogen-bond donors (Lipinski definition) is 3. The van der Waals surface area contributed by atoms with Crippen LogP contribution in [-0.2, 0) is 14.8 Å². The average Bonchev–Trinajstić information content (AvgIpc) is 3.28. The van der Waals surface area contributed by atoms with Crippen molar-refractivity contribution in [3.05, 3.63) is 28.2 Å². The molecule has 1 aromatic rings. The zero-order chi connectivity index (χ0) is 17.0. The molecule has 4 N–H and O–H groups in total. The third kappa shape index (κ3) is 5.32. The molecule has 9 heteroatoms. The molecule has 0 aliphatic heterocycles. The number of amides is 1. The number of nitrogens with two attached hydrogens (primary N) is 1. The van der Waals surface area contributed by atoms with Gasteiger partial charge in [0.2, 0.25) is 15.9 Å². The van der Waals surface area contributed by atoms with Gasteiger partial charge in [0.15, 0.2) is 0 Å². The summed E-state index contributed by atoms with van der Waals surface area (Å²) in [5, 5.41) is 2.77. The van der Waals surface area contributed by atoms with Gasteiger partial charge in [-0.2, -0.15) is 0 Å². The minimum absolute atomic E-state index is 0.0126. The summed E-state index contributed by atoms with van der Waals surface area (Å²) >= 11 is 11.8. The van der Waals surface area contributed by atoms with Crippen LogP contribution in [0.3, 0.4) is 0 Å². The topological polar surface area (TPSA) is 101 Å². The summed E-state index contributed by atoms with van der Waals surface area (Å²) in [6.45, 7) is 0.362. The van der Waals surface area contributed by atoms with Crippen LogP contribution in [0.2, 0.25) is 10.0 Å². The van der Waals surface area contributed by atoms with E-state index in [9.17, 15) is 13.2 Å². The summed E-state index contributed by atoms with van der Waals surface area (Å²) in [6, 6.07) is 4.40. The van der Waals surface area contributed by atoms with Crippen LogP contribution in [0.5, 0.6) is 0 Å². The van der Waals surface area contributed by atoms with E-state index >= 15 is 0 Å². The Labute approximate surface area is 145 Å². The summed E-state index contributed by atoms with van der Waals surface area (Å²) < 4.78 is 26.7. The highest BCUT2D eigenvalue weighted by atomic mass is 35.5. The lowest BCUT2D eigenvalue weighted by Gasteiger charge is -2.12. The van der Waals surface area contributed by atoms with Crippen LogP contribution in [0.25, 0.3) is 0 Å². The number of nitrogens with one attached hydrogen (secondary N) is 2. The number of rotatable bonds is 8. The standard InChI is InChI=1S/C14H19Cl2N3O3S/c15-10-2-1-3-11(16)14(10)23(21,22)19-7-6-13(20)18-8-12(17)9-4-5-9/h1-3,9,12,19H,4-8,17H2,(H,18,20). The molecular weight excluding hydrogens is 361 g/mol. The molecule has 1 aliphatic rings. The van der Waals surface area contributed by atoms with Gasteiger partial charge < -0.3 is 11.1 Å². The maximum Gasteiger partial charge on any atom is 0.243 e. The van der Waals surface area contributed by atoms with Gasteiger partial charge in [-0.1, -0.05) is 29.3 Å². The molecule has 1 amide bonds. The van der Waals surface area contributed by atoms with E-state index in [1.807, 2.05) is 0 Å². The lowest BCUT2D eigenvalue weighted by molar-refractivity contribution is -0.121. The van der Waals surface area contributed by atoms with Crippen molar-refractivity contribution in [3.63, 3.8) is 0 Å². The largest absolute Gasteiger partial charge is 0.354 e. The van der Waals surface area contributed by atoms with Crippen molar-refractivity contribution in [2.45, 2.75) is 30.2 Å². The Hall–Kier alpha value is -0.860. The van der Waals surface area contributed by atoms with E-state index in [1.54, 1.807) is 6.07 Å². The van der Waals surface area contributed by atoms with Crippen molar-refractivity contribution >= 4 is 39.1 Å². The molecule has 128 valence electrons. The zero-order valence-electron chi connectivity index (χ0n) is 12.4. The number of hydrogen-bond acceptors (Lipinski definition) is 4. The molecular formula is C14H19Cl2N3O3S. The molecule has 1 unspecified atom stereocenters. The van der Waals surface area contributed by atoms with E-state index < -0.39 is 10.0 Å². The number of carbonyl (C=O) groups is 1. The molecule has 0 aromatic heterocycles. The fourth-order valence-corrected chi connectivity index (χ4v) is 4.29. The Kier molecular flexibility index (Phi) is 6.27. The van der Waals surface area contributed by atoms with Crippen molar-refractivity contribution in [3.8, 4) is 0 Å². The first-order valence-corrected chi connectivity index (χ1v) is 9.51. The molecule has 23 heavy (non-hydrogen) atoms. The number of benzene rings is 1. The minimum Gasteiger partial charge on any atom is -0.354 e. The predicted octanol–water partition coefficient (Wildman–Crippen LogP) is 1.52. The van der Waals surface area contributed by atoms with E-state index in [0.717, 1.165) is 12.8 Å². The van der Waals surface area contributed by atoms with Crippen LogP contribution in [-0.4, -0.2) is 33.5 Å². The summed E-state index contributed by atoms with van der Waals surface area (Å²) in [4.78, 5) is 11.5. The molecule has 0 saturated heterocycles. The average molecular weight is 380 g/mol. The lowest BCUT2D eigenvalue weighted by atomic mass is 10.2. The van der Waals surface area contributed by atoms with Crippen molar-refractivity contribution in [2.75, 3.05) is 13.1 Å². The van der Waals surface area contributed by atoms with Crippen LogP contribution < -0.4 is 15.8 Å². The Balaban J connectivity index is 1.81. The molecule has 1 aliphatic carbocycles. The molecule has 0 heterocycles. The molecule has 1 saturated carbocycles. The molecule has 6 nitrogen and oxygen atoms in total. The van der Waals surface area contributed by atoms with Crippen molar-refractivity contribution in [1.82, 2.24) is 10.0 Å². The number of halogens is 2. The van der Waals surface area contributed by atoms with Gasteiger partial charge in [-0.05, 0) is 30.9 Å².